The number of nitrogens with zero attached hydrogens (tertiary/aromatic N) is 2. The number of hydrogen-bond acceptors (Lipinski definition) is 4. The molecule has 2 rings (SSSR count). The molecule has 0 spiro atoms. The first-order valence-electron chi connectivity index (χ1n) is 6.15. The first-order chi connectivity index (χ1) is 9.46. The number of anilines is 1. The second-order valence-electron chi connectivity index (χ2n) is 4.49. The van der Waals surface area contributed by atoms with E-state index < -0.39 is 10.0 Å². The predicted octanol–water partition coefficient (Wildman–Crippen LogP) is 1.67. The number of pyridine rings is 1. The lowest BCUT2D eigenvalue weighted by Gasteiger charge is -2.20. The van der Waals surface area contributed by atoms with Crippen molar-refractivity contribution in [2.45, 2.75) is 18.4 Å². The molecule has 0 amide bonds. The van der Waals surface area contributed by atoms with Crippen molar-refractivity contribution >= 4 is 15.7 Å². The van der Waals surface area contributed by atoms with Crippen LogP contribution >= 0.6 is 0 Å². The van der Waals surface area contributed by atoms with Crippen molar-refractivity contribution in [3.8, 4) is 0 Å². The van der Waals surface area contributed by atoms with Crippen LogP contribution in [0.2, 0.25) is 0 Å². The smallest absolute Gasteiger partial charge is 0.264 e. The minimum atomic E-state index is -3.62. The van der Waals surface area contributed by atoms with Gasteiger partial charge in [-0.1, -0.05) is 12.1 Å². The summed E-state index contributed by atoms with van der Waals surface area (Å²) in [6.45, 7) is 2.07. The molecule has 5 nitrogen and oxygen atoms in total. The van der Waals surface area contributed by atoms with E-state index in [0.717, 1.165) is 5.56 Å². The number of aromatic nitrogens is 1. The molecule has 6 heteroatoms. The zero-order valence-corrected chi connectivity index (χ0v) is 12.3. The highest BCUT2D eigenvalue weighted by Crippen LogP contribution is 2.24. The van der Waals surface area contributed by atoms with E-state index in [2.05, 4.69) is 4.98 Å². The van der Waals surface area contributed by atoms with E-state index in [-0.39, 0.29) is 4.90 Å². The van der Waals surface area contributed by atoms with Crippen molar-refractivity contribution in [1.82, 2.24) is 4.98 Å². The Bertz CT molecular complexity index is 700. The van der Waals surface area contributed by atoms with Gasteiger partial charge in [0.25, 0.3) is 10.0 Å². The molecular formula is C14H17N3O2S. The standard InChI is InChI=1S/C14H17N3O2S/c1-11-5-6-12(9-15)8-14(11)20(18,19)17(2)13-4-3-7-16-10-13/h3-8,10H,9,15H2,1-2H3. The molecule has 0 unspecified atom stereocenters. The lowest BCUT2D eigenvalue weighted by atomic mass is 10.1. The van der Waals surface area contributed by atoms with Gasteiger partial charge >= 0.3 is 0 Å². The lowest BCUT2D eigenvalue weighted by molar-refractivity contribution is 0.593. The summed E-state index contributed by atoms with van der Waals surface area (Å²) in [6.07, 6.45) is 3.11. The molecule has 0 radical (unpaired) electrons. The Hall–Kier alpha value is -1.92. The molecule has 106 valence electrons. The molecule has 0 aliphatic heterocycles. The van der Waals surface area contributed by atoms with Gasteiger partial charge in [0.05, 0.1) is 16.8 Å². The molecule has 20 heavy (non-hydrogen) atoms. The Morgan fingerprint density at radius 3 is 2.65 bits per heavy atom. The highest BCUT2D eigenvalue weighted by Gasteiger charge is 2.23. The predicted molar refractivity (Wildman–Crippen MR) is 78.9 cm³/mol. The largest absolute Gasteiger partial charge is 0.326 e. The summed E-state index contributed by atoms with van der Waals surface area (Å²) < 4.78 is 26.6. The van der Waals surface area contributed by atoms with Crippen molar-refractivity contribution in [3.05, 3.63) is 53.9 Å². The maximum Gasteiger partial charge on any atom is 0.264 e. The van der Waals surface area contributed by atoms with E-state index in [1.165, 1.54) is 17.5 Å². The first kappa shape index (κ1) is 14.5. The Kier molecular flexibility index (Phi) is 4.06. The van der Waals surface area contributed by atoms with Gasteiger partial charge in [-0.25, -0.2) is 8.42 Å². The highest BCUT2D eigenvalue weighted by molar-refractivity contribution is 7.92. The lowest BCUT2D eigenvalue weighted by Crippen LogP contribution is -2.27. The molecule has 0 bridgehead atoms. The van der Waals surface area contributed by atoms with Gasteiger partial charge in [0, 0.05) is 19.8 Å². The van der Waals surface area contributed by atoms with Crippen LogP contribution in [0.25, 0.3) is 0 Å². The van der Waals surface area contributed by atoms with Crippen LogP contribution in [0.15, 0.2) is 47.6 Å². The fourth-order valence-electron chi connectivity index (χ4n) is 1.88. The van der Waals surface area contributed by atoms with E-state index >= 15 is 0 Å². The normalized spacial score (nSPS) is 11.3. The maximum absolute atomic E-state index is 12.7. The van der Waals surface area contributed by atoms with Crippen LogP contribution in [-0.4, -0.2) is 20.4 Å². The number of benzene rings is 1. The Morgan fingerprint density at radius 2 is 2.05 bits per heavy atom. The van der Waals surface area contributed by atoms with Crippen molar-refractivity contribution in [1.29, 1.82) is 0 Å². The van der Waals surface area contributed by atoms with Crippen molar-refractivity contribution in [2.75, 3.05) is 11.4 Å². The molecule has 1 aromatic heterocycles. The van der Waals surface area contributed by atoms with Gasteiger partial charge < -0.3 is 5.73 Å². The molecule has 0 aliphatic carbocycles. The van der Waals surface area contributed by atoms with Gasteiger partial charge in [-0.2, -0.15) is 0 Å². The number of rotatable bonds is 4. The summed E-state index contributed by atoms with van der Waals surface area (Å²) in [5.41, 5.74) is 7.58. The summed E-state index contributed by atoms with van der Waals surface area (Å²) in [7, 11) is -2.10. The molecule has 0 atom stereocenters. The summed E-state index contributed by atoms with van der Waals surface area (Å²) in [5, 5.41) is 0. The minimum absolute atomic E-state index is 0.270. The third-order valence-electron chi connectivity index (χ3n) is 3.14. The van der Waals surface area contributed by atoms with Gasteiger partial charge in [-0.15, -0.1) is 0 Å². The third kappa shape index (κ3) is 2.66. The van der Waals surface area contributed by atoms with Crippen LogP contribution in [0.3, 0.4) is 0 Å². The Morgan fingerprint density at radius 1 is 1.30 bits per heavy atom. The van der Waals surface area contributed by atoms with Crippen molar-refractivity contribution in [3.63, 3.8) is 0 Å². The molecule has 2 aromatic rings. The average Bonchev–Trinajstić information content (AvgIpc) is 2.47. The van der Waals surface area contributed by atoms with E-state index in [1.807, 2.05) is 6.07 Å². The second kappa shape index (κ2) is 5.60. The van der Waals surface area contributed by atoms with Crippen molar-refractivity contribution in [2.24, 2.45) is 5.73 Å². The quantitative estimate of drug-likeness (QED) is 0.929. The Balaban J connectivity index is 2.50. The van der Waals surface area contributed by atoms with Crippen LogP contribution in [0.5, 0.6) is 0 Å². The number of aryl methyl sites for hydroxylation is 1. The first-order valence-corrected chi connectivity index (χ1v) is 7.59. The molecular weight excluding hydrogens is 274 g/mol. The van der Waals surface area contributed by atoms with E-state index in [0.29, 0.717) is 17.8 Å². The molecule has 1 aromatic carbocycles. The van der Waals surface area contributed by atoms with Gasteiger partial charge in [0.15, 0.2) is 0 Å². The van der Waals surface area contributed by atoms with Gasteiger partial charge in [0.1, 0.15) is 0 Å². The number of hydrogen-bond donors (Lipinski definition) is 1. The molecule has 1 heterocycles. The summed E-state index contributed by atoms with van der Waals surface area (Å²) >= 11 is 0. The molecule has 0 saturated heterocycles. The number of sulfonamides is 1. The molecule has 0 aliphatic rings. The van der Waals surface area contributed by atoms with Crippen molar-refractivity contribution < 1.29 is 8.42 Å². The Labute approximate surface area is 119 Å². The topological polar surface area (TPSA) is 76.3 Å². The fraction of sp³-hybridized carbons (Fsp3) is 0.214. The molecule has 0 saturated carbocycles. The number of nitrogens with two attached hydrogens (primary N) is 1. The SMILES string of the molecule is Cc1ccc(CN)cc1S(=O)(=O)N(C)c1cccnc1. The molecule has 2 N–H and O–H groups in total. The van der Waals surface area contributed by atoms with E-state index in [4.69, 9.17) is 5.73 Å². The maximum atomic E-state index is 12.7. The van der Waals surface area contributed by atoms with Gasteiger partial charge in [-0.05, 0) is 36.2 Å². The second-order valence-corrected chi connectivity index (χ2v) is 6.43. The summed E-state index contributed by atoms with van der Waals surface area (Å²) in [5.74, 6) is 0. The average molecular weight is 291 g/mol. The minimum Gasteiger partial charge on any atom is -0.326 e. The fourth-order valence-corrected chi connectivity index (χ4v) is 3.33. The van der Waals surface area contributed by atoms with E-state index in [1.54, 1.807) is 37.4 Å². The van der Waals surface area contributed by atoms with Crippen LogP contribution in [0.4, 0.5) is 5.69 Å². The highest BCUT2D eigenvalue weighted by atomic mass is 32.2. The third-order valence-corrected chi connectivity index (χ3v) is 5.06. The molecule has 0 fully saturated rings. The van der Waals surface area contributed by atoms with Gasteiger partial charge in [-0.3, -0.25) is 9.29 Å². The monoisotopic (exact) mass is 291 g/mol. The summed E-state index contributed by atoms with van der Waals surface area (Å²) in [4.78, 5) is 4.21. The summed E-state index contributed by atoms with van der Waals surface area (Å²) in [6, 6.07) is 8.62. The van der Waals surface area contributed by atoms with Gasteiger partial charge in [0.2, 0.25) is 0 Å². The van der Waals surface area contributed by atoms with Crippen LogP contribution in [-0.2, 0) is 16.6 Å². The van der Waals surface area contributed by atoms with E-state index in [9.17, 15) is 8.42 Å². The zero-order chi connectivity index (χ0) is 14.8. The zero-order valence-electron chi connectivity index (χ0n) is 11.4. The van der Waals surface area contributed by atoms with Crippen LogP contribution in [0.1, 0.15) is 11.1 Å². The van der Waals surface area contributed by atoms with Crippen LogP contribution in [0, 0.1) is 6.92 Å². The van der Waals surface area contributed by atoms with Crippen LogP contribution < -0.4 is 10.0 Å².